The van der Waals surface area contributed by atoms with Gasteiger partial charge in [-0.15, -0.1) is 0 Å². The zero-order valence-electron chi connectivity index (χ0n) is 15.1. The largest absolute Gasteiger partial charge is 0.481 e. The molecule has 0 saturated carbocycles. The predicted molar refractivity (Wildman–Crippen MR) is 102 cm³/mol. The van der Waals surface area contributed by atoms with Gasteiger partial charge in [-0.3, -0.25) is 9.69 Å². The van der Waals surface area contributed by atoms with Gasteiger partial charge in [-0.1, -0.05) is 30.3 Å². The molecular weight excluding hydrogens is 342 g/mol. The second-order valence-corrected chi connectivity index (χ2v) is 7.06. The second-order valence-electron chi connectivity index (χ2n) is 7.06. The van der Waals surface area contributed by atoms with Crippen LogP contribution >= 0.6 is 0 Å². The molecular formula is C20H23N5O2. The van der Waals surface area contributed by atoms with E-state index < -0.39 is 5.97 Å². The van der Waals surface area contributed by atoms with Crippen LogP contribution in [0.15, 0.2) is 48.9 Å². The number of carbonyl (C=O) groups is 1. The van der Waals surface area contributed by atoms with Gasteiger partial charge in [0.15, 0.2) is 5.65 Å². The molecule has 1 fully saturated rings. The molecule has 3 heterocycles. The van der Waals surface area contributed by atoms with E-state index in [2.05, 4.69) is 32.4 Å². The van der Waals surface area contributed by atoms with Crippen LogP contribution in [0.25, 0.3) is 16.8 Å². The monoisotopic (exact) mass is 365 g/mol. The van der Waals surface area contributed by atoms with Crippen molar-refractivity contribution in [2.75, 3.05) is 26.2 Å². The molecule has 2 aromatic heterocycles. The van der Waals surface area contributed by atoms with Crippen LogP contribution in [0.2, 0.25) is 0 Å². The maximum Gasteiger partial charge on any atom is 0.303 e. The molecule has 4 rings (SSSR count). The van der Waals surface area contributed by atoms with Crippen LogP contribution in [0.4, 0.5) is 0 Å². The van der Waals surface area contributed by atoms with E-state index in [1.807, 2.05) is 41.3 Å². The first kappa shape index (κ1) is 17.6. The summed E-state index contributed by atoms with van der Waals surface area (Å²) < 4.78 is 1.82. The highest BCUT2D eigenvalue weighted by Crippen LogP contribution is 2.23. The van der Waals surface area contributed by atoms with E-state index in [4.69, 9.17) is 5.11 Å². The number of carboxylic acid groups (broad SMARTS) is 1. The first-order chi connectivity index (χ1) is 13.2. The molecule has 2 N–H and O–H groups in total. The Morgan fingerprint density at radius 1 is 1.26 bits per heavy atom. The fourth-order valence-electron chi connectivity index (χ4n) is 3.67. The molecule has 0 amide bonds. The number of aliphatic carboxylic acids is 1. The minimum atomic E-state index is -0.739. The summed E-state index contributed by atoms with van der Waals surface area (Å²) in [4.78, 5) is 18.0. The fraction of sp³-hybridized carbons (Fsp3) is 0.350. The van der Waals surface area contributed by atoms with Crippen LogP contribution in [0.3, 0.4) is 0 Å². The molecule has 3 aromatic rings. The lowest BCUT2D eigenvalue weighted by molar-refractivity contribution is -0.138. The summed E-state index contributed by atoms with van der Waals surface area (Å²) in [7, 11) is 0. The van der Waals surface area contributed by atoms with Crippen molar-refractivity contribution in [3.63, 3.8) is 0 Å². The van der Waals surface area contributed by atoms with E-state index in [9.17, 15) is 4.79 Å². The Kier molecular flexibility index (Phi) is 5.13. The van der Waals surface area contributed by atoms with E-state index in [-0.39, 0.29) is 12.3 Å². The molecule has 0 unspecified atom stereocenters. The van der Waals surface area contributed by atoms with E-state index in [1.54, 1.807) is 0 Å². The molecule has 1 aliphatic heterocycles. The highest BCUT2D eigenvalue weighted by atomic mass is 16.4. The van der Waals surface area contributed by atoms with Crippen molar-refractivity contribution in [1.82, 2.24) is 24.8 Å². The highest BCUT2D eigenvalue weighted by molar-refractivity contribution is 5.76. The van der Waals surface area contributed by atoms with Gasteiger partial charge in [-0.05, 0) is 18.0 Å². The summed E-state index contributed by atoms with van der Waals surface area (Å²) in [6.45, 7) is 4.01. The third kappa shape index (κ3) is 4.15. The molecule has 27 heavy (non-hydrogen) atoms. The molecule has 1 saturated heterocycles. The van der Waals surface area contributed by atoms with Crippen molar-refractivity contribution in [1.29, 1.82) is 0 Å². The number of benzene rings is 1. The summed E-state index contributed by atoms with van der Waals surface area (Å²) in [6, 6.07) is 10.1. The maximum absolute atomic E-state index is 11.0. The van der Waals surface area contributed by atoms with Crippen molar-refractivity contribution in [3.05, 3.63) is 54.5 Å². The Morgan fingerprint density at radius 3 is 2.93 bits per heavy atom. The Labute approximate surface area is 157 Å². The number of hydrogen-bond acceptors (Lipinski definition) is 5. The van der Waals surface area contributed by atoms with Crippen LogP contribution in [-0.4, -0.2) is 56.8 Å². The summed E-state index contributed by atoms with van der Waals surface area (Å²) in [6.07, 6.45) is 5.95. The average molecular weight is 365 g/mol. The van der Waals surface area contributed by atoms with Crippen molar-refractivity contribution >= 4 is 11.6 Å². The molecule has 1 atom stereocenters. The minimum absolute atomic E-state index is 0.121. The Hall–Kier alpha value is -2.77. The summed E-state index contributed by atoms with van der Waals surface area (Å²) in [5.74, 6) is -0.618. The van der Waals surface area contributed by atoms with Crippen molar-refractivity contribution in [2.45, 2.75) is 13.0 Å². The molecule has 1 aromatic carbocycles. The third-order valence-electron chi connectivity index (χ3n) is 4.92. The minimum Gasteiger partial charge on any atom is -0.481 e. The third-order valence-corrected chi connectivity index (χ3v) is 4.92. The van der Waals surface area contributed by atoms with Gasteiger partial charge in [0.05, 0.1) is 12.6 Å². The number of nitrogens with one attached hydrogen (secondary N) is 1. The number of fused-ring (bicyclic) bond motifs is 1. The summed E-state index contributed by atoms with van der Waals surface area (Å²) >= 11 is 0. The lowest BCUT2D eigenvalue weighted by atomic mass is 10.1. The average Bonchev–Trinajstić information content (AvgIpc) is 2.96. The van der Waals surface area contributed by atoms with Gasteiger partial charge in [-0.2, -0.15) is 5.10 Å². The van der Waals surface area contributed by atoms with Gasteiger partial charge < -0.3 is 10.4 Å². The van der Waals surface area contributed by atoms with Crippen molar-refractivity contribution in [3.8, 4) is 11.1 Å². The lowest BCUT2D eigenvalue weighted by Gasteiger charge is -2.22. The van der Waals surface area contributed by atoms with Crippen LogP contribution in [0.1, 0.15) is 12.0 Å². The molecule has 1 aliphatic rings. The van der Waals surface area contributed by atoms with Crippen LogP contribution in [-0.2, 0) is 11.3 Å². The number of aromatic nitrogens is 3. The maximum atomic E-state index is 11.0. The first-order valence-electron chi connectivity index (χ1n) is 9.21. The molecule has 140 valence electrons. The molecule has 0 radical (unpaired) electrons. The molecule has 7 heteroatoms. The van der Waals surface area contributed by atoms with Gasteiger partial charge in [0.25, 0.3) is 0 Å². The Morgan fingerprint density at radius 2 is 2.11 bits per heavy atom. The molecule has 0 aliphatic carbocycles. The van der Waals surface area contributed by atoms with Crippen molar-refractivity contribution in [2.24, 2.45) is 5.92 Å². The fourth-order valence-corrected chi connectivity index (χ4v) is 3.67. The van der Waals surface area contributed by atoms with Gasteiger partial charge in [0, 0.05) is 49.7 Å². The second kappa shape index (κ2) is 7.85. The smallest absolute Gasteiger partial charge is 0.303 e. The zero-order valence-corrected chi connectivity index (χ0v) is 15.1. The normalized spacial score (nSPS) is 18.4. The quantitative estimate of drug-likeness (QED) is 0.719. The van der Waals surface area contributed by atoms with Gasteiger partial charge in [0.1, 0.15) is 0 Å². The number of hydrogen-bond donors (Lipinski definition) is 2. The lowest BCUT2D eigenvalue weighted by Crippen LogP contribution is -2.30. The molecule has 0 bridgehead atoms. The van der Waals surface area contributed by atoms with E-state index in [1.165, 1.54) is 0 Å². The van der Waals surface area contributed by atoms with Gasteiger partial charge >= 0.3 is 5.97 Å². The zero-order chi connectivity index (χ0) is 18.6. The van der Waals surface area contributed by atoms with Crippen LogP contribution in [0.5, 0.6) is 0 Å². The Bertz CT molecular complexity index is 925. The van der Waals surface area contributed by atoms with Crippen molar-refractivity contribution < 1.29 is 9.90 Å². The standard InChI is InChI=1S/C20H23N5O2/c26-19(27)8-15-9-21-6-7-24(12-15)13-16-10-22-20-18(11-23-25(20)14-16)17-4-2-1-3-5-17/h1-5,10-11,14-15,21H,6-9,12-13H2,(H,26,27)/t15-/m1/s1. The van der Waals surface area contributed by atoms with Gasteiger partial charge in [0.2, 0.25) is 0 Å². The van der Waals surface area contributed by atoms with Gasteiger partial charge in [-0.25, -0.2) is 9.50 Å². The number of nitrogens with zero attached hydrogens (tertiary/aromatic N) is 4. The Balaban J connectivity index is 1.52. The SMILES string of the molecule is O=C(O)C[C@@H]1CNCCN(Cc2cnc3c(-c4ccccc4)cnn3c2)C1. The van der Waals surface area contributed by atoms with E-state index in [0.29, 0.717) is 0 Å². The molecule has 0 spiro atoms. The van der Waals surface area contributed by atoms with Crippen LogP contribution < -0.4 is 5.32 Å². The topological polar surface area (TPSA) is 82.8 Å². The summed E-state index contributed by atoms with van der Waals surface area (Å²) in [5, 5.41) is 16.9. The number of rotatable bonds is 5. The highest BCUT2D eigenvalue weighted by Gasteiger charge is 2.20. The summed E-state index contributed by atoms with van der Waals surface area (Å²) in [5.41, 5.74) is 4.03. The first-order valence-corrected chi connectivity index (χ1v) is 9.21. The van der Waals surface area contributed by atoms with Crippen LogP contribution in [0, 0.1) is 5.92 Å². The number of carboxylic acids is 1. The van der Waals surface area contributed by atoms with E-state index in [0.717, 1.165) is 55.1 Å². The molecule has 7 nitrogen and oxygen atoms in total. The predicted octanol–water partition coefficient (Wildman–Crippen LogP) is 1.89. The van der Waals surface area contributed by atoms with E-state index >= 15 is 0 Å².